The summed E-state index contributed by atoms with van der Waals surface area (Å²) in [6.07, 6.45) is 7.00. The van der Waals surface area contributed by atoms with E-state index in [0.717, 1.165) is 35.3 Å². The summed E-state index contributed by atoms with van der Waals surface area (Å²) in [6.45, 7) is 1.69. The highest BCUT2D eigenvalue weighted by atomic mass is 32.2. The van der Waals surface area contributed by atoms with Gasteiger partial charge in [0.1, 0.15) is 11.4 Å². The lowest BCUT2D eigenvalue weighted by Gasteiger charge is -2.37. The molecule has 1 aromatic heterocycles. The molecule has 2 aromatic carbocycles. The van der Waals surface area contributed by atoms with Gasteiger partial charge in [-0.05, 0) is 48.2 Å². The number of rotatable bonds is 4. The monoisotopic (exact) mass is 479 g/mol. The van der Waals surface area contributed by atoms with Crippen molar-refractivity contribution < 1.29 is 22.7 Å². The molecular weight excluding hydrogens is 454 g/mol. The maximum absolute atomic E-state index is 12.6. The number of amides is 1. The molecular formula is C25H25N3O5S. The minimum Gasteiger partial charge on any atom is -0.464 e. The first-order valence-corrected chi connectivity index (χ1v) is 13.0. The molecule has 0 N–H and O–H groups in total. The van der Waals surface area contributed by atoms with Crippen LogP contribution in [0, 0.1) is 5.92 Å². The number of likely N-dealkylation sites (tertiary alicyclic amines) is 1. The summed E-state index contributed by atoms with van der Waals surface area (Å²) >= 11 is 0. The molecule has 1 amide bonds. The predicted molar refractivity (Wildman–Crippen MR) is 125 cm³/mol. The van der Waals surface area contributed by atoms with E-state index in [4.69, 9.17) is 9.47 Å². The molecule has 34 heavy (non-hydrogen) atoms. The molecule has 0 bridgehead atoms. The third kappa shape index (κ3) is 4.67. The van der Waals surface area contributed by atoms with E-state index in [1.54, 1.807) is 23.2 Å². The smallest absolute Gasteiger partial charge is 0.274 e. The summed E-state index contributed by atoms with van der Waals surface area (Å²) in [7, 11) is -3.22. The van der Waals surface area contributed by atoms with E-state index in [1.807, 2.05) is 30.3 Å². The maximum atomic E-state index is 12.6. The molecule has 1 saturated heterocycles. The fourth-order valence-corrected chi connectivity index (χ4v) is 5.02. The van der Waals surface area contributed by atoms with Crippen molar-refractivity contribution in [2.75, 3.05) is 19.3 Å². The third-order valence-electron chi connectivity index (χ3n) is 6.32. The Hall–Kier alpha value is -3.30. The molecule has 2 aliphatic heterocycles. The van der Waals surface area contributed by atoms with Crippen molar-refractivity contribution in [3.05, 3.63) is 72.3 Å². The van der Waals surface area contributed by atoms with Crippen molar-refractivity contribution in [2.45, 2.75) is 30.6 Å². The van der Waals surface area contributed by atoms with Crippen LogP contribution in [0.1, 0.15) is 28.9 Å². The van der Waals surface area contributed by atoms with Crippen molar-refractivity contribution in [1.29, 1.82) is 0 Å². The molecule has 0 saturated carbocycles. The molecule has 2 aliphatic rings. The molecule has 3 heterocycles. The predicted octanol–water partition coefficient (Wildman–Crippen LogP) is 3.33. The van der Waals surface area contributed by atoms with Gasteiger partial charge in [-0.3, -0.25) is 9.78 Å². The van der Waals surface area contributed by atoms with Crippen LogP contribution in [0.4, 0.5) is 0 Å². The summed E-state index contributed by atoms with van der Waals surface area (Å²) in [6, 6.07) is 12.8. The number of hydrogen-bond acceptors (Lipinski definition) is 7. The first-order valence-electron chi connectivity index (χ1n) is 11.2. The van der Waals surface area contributed by atoms with E-state index in [9.17, 15) is 13.2 Å². The van der Waals surface area contributed by atoms with Gasteiger partial charge in [-0.2, -0.15) is 0 Å². The zero-order valence-electron chi connectivity index (χ0n) is 18.8. The quantitative estimate of drug-likeness (QED) is 0.566. The van der Waals surface area contributed by atoms with Crippen LogP contribution in [0.2, 0.25) is 0 Å². The van der Waals surface area contributed by atoms with E-state index in [2.05, 4.69) is 9.97 Å². The van der Waals surface area contributed by atoms with Gasteiger partial charge < -0.3 is 14.4 Å². The van der Waals surface area contributed by atoms with Gasteiger partial charge in [-0.15, -0.1) is 0 Å². The van der Waals surface area contributed by atoms with Gasteiger partial charge >= 0.3 is 0 Å². The zero-order valence-corrected chi connectivity index (χ0v) is 19.6. The Morgan fingerprint density at radius 1 is 1.03 bits per heavy atom. The Kier molecular flexibility index (Phi) is 6.05. The highest BCUT2D eigenvalue weighted by molar-refractivity contribution is 7.90. The molecule has 1 unspecified atom stereocenters. The number of aromatic nitrogens is 2. The van der Waals surface area contributed by atoms with Gasteiger partial charge in [-0.25, -0.2) is 13.4 Å². The first-order chi connectivity index (χ1) is 16.4. The van der Waals surface area contributed by atoms with Crippen molar-refractivity contribution in [2.24, 2.45) is 5.92 Å². The standard InChI is InChI=1S/C25H25N3O5S/c1-34(30,31)21-5-2-17(3-6-21)19-4-7-23-20(14-19)16-32-25(33-23)18-8-12-28(13-9-18)24(29)22-15-26-10-11-27-22/h2-7,10-11,14-15,18,25H,8-9,12-13,16H2,1H3. The zero-order chi connectivity index (χ0) is 23.7. The number of hydrogen-bond donors (Lipinski definition) is 0. The topological polar surface area (TPSA) is 98.7 Å². The minimum atomic E-state index is -3.22. The first kappa shape index (κ1) is 22.5. The highest BCUT2D eigenvalue weighted by Crippen LogP contribution is 2.35. The number of carbonyl (C=O) groups excluding carboxylic acids is 1. The normalized spacial score (nSPS) is 18.7. The SMILES string of the molecule is CS(=O)(=O)c1ccc(-c2ccc3c(c2)COC(C2CCN(C(=O)c4cnccn4)CC2)O3)cc1. The minimum absolute atomic E-state index is 0.0977. The highest BCUT2D eigenvalue weighted by Gasteiger charge is 2.33. The van der Waals surface area contributed by atoms with Crippen molar-refractivity contribution in [3.8, 4) is 16.9 Å². The molecule has 9 heteroatoms. The van der Waals surface area contributed by atoms with Gasteiger partial charge in [0.2, 0.25) is 6.29 Å². The van der Waals surface area contributed by atoms with E-state index in [0.29, 0.717) is 30.3 Å². The lowest BCUT2D eigenvalue weighted by Crippen LogP contribution is -2.44. The number of carbonyl (C=O) groups is 1. The van der Waals surface area contributed by atoms with E-state index in [-0.39, 0.29) is 18.1 Å². The Morgan fingerprint density at radius 2 is 1.76 bits per heavy atom. The second-order valence-corrected chi connectivity index (χ2v) is 10.7. The number of piperidine rings is 1. The summed E-state index contributed by atoms with van der Waals surface area (Å²) in [5.74, 6) is 0.896. The lowest BCUT2D eigenvalue weighted by atomic mass is 9.95. The van der Waals surface area contributed by atoms with Gasteiger partial charge in [0, 0.05) is 43.2 Å². The largest absolute Gasteiger partial charge is 0.464 e. The molecule has 5 rings (SSSR count). The van der Waals surface area contributed by atoms with Crippen LogP contribution in [0.25, 0.3) is 11.1 Å². The Bertz CT molecular complexity index is 1290. The Labute approximate surface area is 198 Å². The summed E-state index contributed by atoms with van der Waals surface area (Å²) in [4.78, 5) is 22.8. The van der Waals surface area contributed by atoms with Crippen LogP contribution in [-0.2, 0) is 21.2 Å². The van der Waals surface area contributed by atoms with E-state index >= 15 is 0 Å². The van der Waals surface area contributed by atoms with Crippen molar-refractivity contribution in [3.63, 3.8) is 0 Å². The van der Waals surface area contributed by atoms with Gasteiger partial charge in [-0.1, -0.05) is 18.2 Å². The van der Waals surface area contributed by atoms with Crippen molar-refractivity contribution >= 4 is 15.7 Å². The van der Waals surface area contributed by atoms with Crippen LogP contribution in [0.3, 0.4) is 0 Å². The van der Waals surface area contributed by atoms with Crippen LogP contribution >= 0.6 is 0 Å². The fraction of sp³-hybridized carbons (Fsp3) is 0.320. The fourth-order valence-electron chi connectivity index (χ4n) is 4.39. The average molecular weight is 480 g/mol. The van der Waals surface area contributed by atoms with Crippen LogP contribution in [0.5, 0.6) is 5.75 Å². The van der Waals surface area contributed by atoms with Crippen LogP contribution in [-0.4, -0.2) is 54.8 Å². The molecule has 0 radical (unpaired) electrons. The molecule has 0 spiro atoms. The molecule has 1 atom stereocenters. The summed E-state index contributed by atoms with van der Waals surface area (Å²) < 4.78 is 35.6. The van der Waals surface area contributed by atoms with Crippen molar-refractivity contribution in [1.82, 2.24) is 14.9 Å². The average Bonchev–Trinajstić information content (AvgIpc) is 2.88. The second-order valence-electron chi connectivity index (χ2n) is 8.64. The summed E-state index contributed by atoms with van der Waals surface area (Å²) in [5.41, 5.74) is 3.22. The van der Waals surface area contributed by atoms with Gasteiger partial charge in [0.15, 0.2) is 9.84 Å². The Morgan fingerprint density at radius 3 is 2.44 bits per heavy atom. The summed E-state index contributed by atoms with van der Waals surface area (Å²) in [5, 5.41) is 0. The molecule has 1 fully saturated rings. The van der Waals surface area contributed by atoms with Gasteiger partial charge in [0.05, 0.1) is 17.7 Å². The molecule has 3 aromatic rings. The molecule has 8 nitrogen and oxygen atoms in total. The maximum Gasteiger partial charge on any atom is 0.274 e. The molecule has 176 valence electrons. The third-order valence-corrected chi connectivity index (χ3v) is 7.45. The van der Waals surface area contributed by atoms with Crippen LogP contribution in [0.15, 0.2) is 66.0 Å². The number of ether oxygens (including phenoxy) is 2. The number of sulfone groups is 1. The number of benzene rings is 2. The lowest BCUT2D eigenvalue weighted by molar-refractivity contribution is -0.148. The van der Waals surface area contributed by atoms with Crippen LogP contribution < -0.4 is 4.74 Å². The second kappa shape index (κ2) is 9.15. The number of fused-ring (bicyclic) bond motifs is 1. The van der Waals surface area contributed by atoms with E-state index in [1.165, 1.54) is 18.6 Å². The molecule has 0 aliphatic carbocycles. The van der Waals surface area contributed by atoms with E-state index < -0.39 is 9.84 Å². The van der Waals surface area contributed by atoms with Gasteiger partial charge in [0.25, 0.3) is 5.91 Å². The Balaban J connectivity index is 1.22. The number of nitrogens with zero attached hydrogens (tertiary/aromatic N) is 3.